The molecule has 2 rings (SSSR count). The molecule has 1 aliphatic heterocycles. The molecule has 3 nitrogen and oxygen atoms in total. The van der Waals surface area contributed by atoms with E-state index < -0.39 is 0 Å². The third-order valence-corrected chi connectivity index (χ3v) is 3.55. The third kappa shape index (κ3) is 3.03. The summed E-state index contributed by atoms with van der Waals surface area (Å²) in [5.74, 6) is 0.360. The predicted molar refractivity (Wildman–Crippen MR) is 64.5 cm³/mol. The number of hydroxylamine groups is 1. The SMILES string of the molecule is Cc1cc(F)ccc1C1CCN(CNO)CC1. The molecule has 1 saturated heterocycles. The van der Waals surface area contributed by atoms with Gasteiger partial charge in [-0.3, -0.25) is 4.90 Å². The lowest BCUT2D eigenvalue weighted by Crippen LogP contribution is -2.38. The molecule has 0 atom stereocenters. The summed E-state index contributed by atoms with van der Waals surface area (Å²) in [5.41, 5.74) is 4.50. The van der Waals surface area contributed by atoms with Gasteiger partial charge in [0.1, 0.15) is 5.82 Å². The Morgan fingerprint density at radius 1 is 1.41 bits per heavy atom. The van der Waals surface area contributed by atoms with E-state index in [1.54, 1.807) is 12.1 Å². The average molecular weight is 238 g/mol. The van der Waals surface area contributed by atoms with Gasteiger partial charge in [-0.1, -0.05) is 6.07 Å². The number of hydrogen-bond acceptors (Lipinski definition) is 3. The Hall–Kier alpha value is -0.970. The van der Waals surface area contributed by atoms with Crippen molar-refractivity contribution >= 4 is 0 Å². The normalized spacial score (nSPS) is 18.5. The van der Waals surface area contributed by atoms with E-state index in [1.807, 2.05) is 13.0 Å². The lowest BCUT2D eigenvalue weighted by atomic mass is 9.87. The van der Waals surface area contributed by atoms with Crippen LogP contribution in [0.1, 0.15) is 29.9 Å². The number of rotatable bonds is 3. The molecule has 0 aromatic heterocycles. The van der Waals surface area contributed by atoms with Crippen molar-refractivity contribution in [2.45, 2.75) is 25.7 Å². The zero-order valence-corrected chi connectivity index (χ0v) is 10.1. The van der Waals surface area contributed by atoms with Crippen molar-refractivity contribution in [2.75, 3.05) is 19.8 Å². The number of aryl methyl sites for hydroxylation is 1. The first kappa shape index (κ1) is 12.5. The van der Waals surface area contributed by atoms with Gasteiger partial charge in [-0.25, -0.2) is 4.39 Å². The minimum atomic E-state index is -0.159. The Morgan fingerprint density at radius 2 is 2.12 bits per heavy atom. The highest BCUT2D eigenvalue weighted by molar-refractivity contribution is 5.30. The van der Waals surface area contributed by atoms with Crippen molar-refractivity contribution in [3.05, 3.63) is 35.1 Å². The van der Waals surface area contributed by atoms with Crippen LogP contribution in [0.4, 0.5) is 4.39 Å². The molecule has 0 amide bonds. The Labute approximate surface area is 101 Å². The fraction of sp³-hybridized carbons (Fsp3) is 0.538. The predicted octanol–water partition coefficient (Wildman–Crippen LogP) is 2.25. The van der Waals surface area contributed by atoms with Crippen LogP contribution in [0.2, 0.25) is 0 Å². The molecule has 4 heteroatoms. The van der Waals surface area contributed by atoms with Gasteiger partial charge in [-0.2, -0.15) is 5.48 Å². The summed E-state index contributed by atoms with van der Waals surface area (Å²) < 4.78 is 13.0. The summed E-state index contributed by atoms with van der Waals surface area (Å²) in [6.07, 6.45) is 2.13. The van der Waals surface area contributed by atoms with E-state index in [0.717, 1.165) is 31.5 Å². The van der Waals surface area contributed by atoms with Crippen LogP contribution in [0.5, 0.6) is 0 Å². The standard InChI is InChI=1S/C13H19FN2O/c1-10-8-12(14)2-3-13(10)11-4-6-16(7-5-11)9-15-17/h2-3,8,11,15,17H,4-7,9H2,1H3. The molecule has 1 fully saturated rings. The first-order valence-electron chi connectivity index (χ1n) is 6.06. The van der Waals surface area contributed by atoms with E-state index in [9.17, 15) is 4.39 Å². The molecule has 0 spiro atoms. The monoisotopic (exact) mass is 238 g/mol. The summed E-state index contributed by atoms with van der Waals surface area (Å²) in [7, 11) is 0. The quantitative estimate of drug-likeness (QED) is 0.793. The highest BCUT2D eigenvalue weighted by Crippen LogP contribution is 2.30. The minimum Gasteiger partial charge on any atom is -0.316 e. The van der Waals surface area contributed by atoms with Gasteiger partial charge in [-0.15, -0.1) is 0 Å². The molecule has 0 unspecified atom stereocenters. The average Bonchev–Trinajstić information content (AvgIpc) is 2.31. The van der Waals surface area contributed by atoms with Crippen molar-refractivity contribution in [2.24, 2.45) is 0 Å². The van der Waals surface area contributed by atoms with Crippen LogP contribution in [-0.2, 0) is 0 Å². The number of benzene rings is 1. The highest BCUT2D eigenvalue weighted by atomic mass is 19.1. The number of likely N-dealkylation sites (tertiary alicyclic amines) is 1. The zero-order valence-electron chi connectivity index (χ0n) is 10.1. The molecule has 17 heavy (non-hydrogen) atoms. The van der Waals surface area contributed by atoms with Crippen molar-refractivity contribution < 1.29 is 9.60 Å². The number of halogens is 1. The molecule has 0 bridgehead atoms. The maximum atomic E-state index is 13.0. The van der Waals surface area contributed by atoms with Crippen LogP contribution >= 0.6 is 0 Å². The minimum absolute atomic E-state index is 0.159. The summed E-state index contributed by atoms with van der Waals surface area (Å²) >= 11 is 0. The molecule has 94 valence electrons. The summed E-state index contributed by atoms with van der Waals surface area (Å²) in [6.45, 7) is 4.43. The lowest BCUT2D eigenvalue weighted by molar-refractivity contribution is 0.0834. The molecule has 1 heterocycles. The molecular formula is C13H19FN2O. The Kier molecular flexibility index (Phi) is 4.10. The van der Waals surface area contributed by atoms with Gasteiger partial charge in [0.2, 0.25) is 0 Å². The zero-order chi connectivity index (χ0) is 12.3. The molecule has 0 saturated carbocycles. The Balaban J connectivity index is 2.00. The van der Waals surface area contributed by atoms with Crippen molar-refractivity contribution in [3.8, 4) is 0 Å². The molecule has 0 aliphatic carbocycles. The first-order valence-corrected chi connectivity index (χ1v) is 6.06. The first-order chi connectivity index (χ1) is 8.20. The van der Waals surface area contributed by atoms with Crippen LogP contribution < -0.4 is 5.48 Å². The van der Waals surface area contributed by atoms with Crippen molar-refractivity contribution in [1.82, 2.24) is 10.4 Å². The van der Waals surface area contributed by atoms with Gasteiger partial charge in [-0.05, 0) is 48.9 Å². The van der Waals surface area contributed by atoms with Gasteiger partial charge in [0, 0.05) is 13.1 Å². The van der Waals surface area contributed by atoms with Gasteiger partial charge < -0.3 is 5.21 Å². The summed E-state index contributed by atoms with van der Waals surface area (Å²) in [4.78, 5) is 2.18. The van der Waals surface area contributed by atoms with E-state index in [1.165, 1.54) is 5.56 Å². The highest BCUT2D eigenvalue weighted by Gasteiger charge is 2.21. The Morgan fingerprint density at radius 3 is 2.71 bits per heavy atom. The second kappa shape index (κ2) is 5.58. The van der Waals surface area contributed by atoms with E-state index >= 15 is 0 Å². The maximum Gasteiger partial charge on any atom is 0.123 e. The summed E-state index contributed by atoms with van der Waals surface area (Å²) in [5, 5.41) is 8.64. The lowest BCUT2D eigenvalue weighted by Gasteiger charge is -2.32. The topological polar surface area (TPSA) is 35.5 Å². The van der Waals surface area contributed by atoms with Gasteiger partial charge in [0.15, 0.2) is 0 Å². The number of piperidine rings is 1. The molecule has 1 aromatic rings. The van der Waals surface area contributed by atoms with E-state index in [-0.39, 0.29) is 5.82 Å². The van der Waals surface area contributed by atoms with Crippen LogP contribution in [0.3, 0.4) is 0 Å². The fourth-order valence-corrected chi connectivity index (χ4v) is 2.60. The largest absolute Gasteiger partial charge is 0.316 e. The second-order valence-electron chi connectivity index (χ2n) is 4.71. The van der Waals surface area contributed by atoms with E-state index in [0.29, 0.717) is 12.6 Å². The van der Waals surface area contributed by atoms with Crippen LogP contribution in [0.15, 0.2) is 18.2 Å². The fourth-order valence-electron chi connectivity index (χ4n) is 2.60. The van der Waals surface area contributed by atoms with Crippen LogP contribution in [-0.4, -0.2) is 29.9 Å². The molecular weight excluding hydrogens is 219 g/mol. The third-order valence-electron chi connectivity index (χ3n) is 3.55. The smallest absolute Gasteiger partial charge is 0.123 e. The molecule has 1 aliphatic rings. The van der Waals surface area contributed by atoms with E-state index in [2.05, 4.69) is 10.4 Å². The maximum absolute atomic E-state index is 13.0. The molecule has 1 aromatic carbocycles. The molecule has 2 N–H and O–H groups in total. The van der Waals surface area contributed by atoms with Crippen molar-refractivity contribution in [1.29, 1.82) is 0 Å². The van der Waals surface area contributed by atoms with E-state index in [4.69, 9.17) is 5.21 Å². The molecule has 0 radical (unpaired) electrons. The number of nitrogens with zero attached hydrogens (tertiary/aromatic N) is 1. The van der Waals surface area contributed by atoms with Gasteiger partial charge >= 0.3 is 0 Å². The second-order valence-corrected chi connectivity index (χ2v) is 4.71. The number of nitrogens with one attached hydrogen (secondary N) is 1. The number of hydrogen-bond donors (Lipinski definition) is 2. The van der Waals surface area contributed by atoms with Crippen LogP contribution in [0.25, 0.3) is 0 Å². The van der Waals surface area contributed by atoms with Crippen LogP contribution in [0, 0.1) is 12.7 Å². The van der Waals surface area contributed by atoms with Gasteiger partial charge in [0.25, 0.3) is 0 Å². The van der Waals surface area contributed by atoms with Crippen molar-refractivity contribution in [3.63, 3.8) is 0 Å². The summed E-state index contributed by atoms with van der Waals surface area (Å²) in [6, 6.07) is 5.07. The van der Waals surface area contributed by atoms with Gasteiger partial charge in [0.05, 0.1) is 6.67 Å². The Bertz CT molecular complexity index is 376.